The fourth-order valence-electron chi connectivity index (χ4n) is 3.83. The Bertz CT molecular complexity index is 1030. The van der Waals surface area contributed by atoms with E-state index in [0.717, 1.165) is 11.1 Å². The summed E-state index contributed by atoms with van der Waals surface area (Å²) in [7, 11) is 0. The second-order valence-corrected chi connectivity index (χ2v) is 7.34. The lowest BCUT2D eigenvalue weighted by molar-refractivity contribution is -0.0895. The molecule has 0 amide bonds. The quantitative estimate of drug-likeness (QED) is 0.413. The highest BCUT2D eigenvalue weighted by Gasteiger charge is 2.56. The van der Waals surface area contributed by atoms with Crippen molar-refractivity contribution in [2.75, 3.05) is 6.54 Å². The minimum Gasteiger partial charge on any atom is -0.472 e. The van der Waals surface area contributed by atoms with Crippen LogP contribution in [0.4, 0.5) is 0 Å². The normalized spacial score (nSPS) is 13.2. The third-order valence-corrected chi connectivity index (χ3v) is 5.32. The summed E-state index contributed by atoms with van der Waals surface area (Å²) < 4.78 is 13.2. The molecule has 0 radical (unpaired) electrons. The van der Waals surface area contributed by atoms with E-state index < -0.39 is 11.3 Å². The Hall–Kier alpha value is -3.60. The molecule has 4 rings (SSSR count). The number of rotatable bonds is 8. The van der Waals surface area contributed by atoms with Gasteiger partial charge in [0.1, 0.15) is 11.5 Å². The van der Waals surface area contributed by atoms with Crippen molar-refractivity contribution in [1.82, 2.24) is 0 Å². The molecule has 0 aliphatic heterocycles. The van der Waals surface area contributed by atoms with Gasteiger partial charge in [-0.25, -0.2) is 0 Å². The average molecular weight is 411 g/mol. The Morgan fingerprint density at radius 1 is 0.516 bits per heavy atom. The zero-order valence-corrected chi connectivity index (χ0v) is 17.2. The Morgan fingerprint density at radius 2 is 0.871 bits per heavy atom. The van der Waals surface area contributed by atoms with Crippen LogP contribution in [0.5, 0.6) is 11.5 Å². The van der Waals surface area contributed by atoms with Gasteiger partial charge in [0, 0.05) is 11.1 Å². The van der Waals surface area contributed by atoms with Gasteiger partial charge in [-0.15, -0.1) is 0 Å². The van der Waals surface area contributed by atoms with Gasteiger partial charge in [-0.1, -0.05) is 97.1 Å². The first-order valence-electron chi connectivity index (χ1n) is 10.3. The molecule has 4 aromatic rings. The van der Waals surface area contributed by atoms with Crippen molar-refractivity contribution in [1.29, 1.82) is 0 Å². The molecule has 0 saturated heterocycles. The standard InChI is InChI=1S/C27H26N2O2/c28-21-26(29,30-24-17-9-3-10-18-24)27(22-13-5-1-6-14-22,23-15-7-2-8-16-23)31-25-19-11-4-12-20-25/h1-20H,21,28-29H2. The molecule has 0 bridgehead atoms. The molecule has 156 valence electrons. The maximum Gasteiger partial charge on any atom is 0.219 e. The average Bonchev–Trinajstić information content (AvgIpc) is 2.85. The Labute approximate surface area is 183 Å². The van der Waals surface area contributed by atoms with Crippen molar-refractivity contribution < 1.29 is 9.47 Å². The Balaban J connectivity index is 1.98. The number of ether oxygens (including phenoxy) is 2. The molecule has 0 spiro atoms. The fraction of sp³-hybridized carbons (Fsp3) is 0.111. The van der Waals surface area contributed by atoms with Crippen LogP contribution in [0.3, 0.4) is 0 Å². The van der Waals surface area contributed by atoms with E-state index in [0.29, 0.717) is 11.5 Å². The number of nitrogens with two attached hydrogens (primary N) is 2. The molecule has 0 aliphatic rings. The molecule has 0 aliphatic carbocycles. The van der Waals surface area contributed by atoms with Crippen LogP contribution in [0.1, 0.15) is 11.1 Å². The molecule has 4 nitrogen and oxygen atoms in total. The van der Waals surface area contributed by atoms with Crippen LogP contribution in [0.25, 0.3) is 0 Å². The molecule has 0 saturated carbocycles. The zero-order valence-electron chi connectivity index (χ0n) is 17.2. The third-order valence-electron chi connectivity index (χ3n) is 5.32. The van der Waals surface area contributed by atoms with Crippen molar-refractivity contribution in [3.63, 3.8) is 0 Å². The third kappa shape index (κ3) is 4.04. The lowest BCUT2D eigenvalue weighted by atomic mass is 9.77. The Kier molecular flexibility index (Phi) is 6.03. The van der Waals surface area contributed by atoms with Gasteiger partial charge in [0.2, 0.25) is 11.3 Å². The summed E-state index contributed by atoms with van der Waals surface area (Å²) in [6, 6.07) is 38.8. The summed E-state index contributed by atoms with van der Waals surface area (Å²) in [5, 5.41) is 0. The van der Waals surface area contributed by atoms with Gasteiger partial charge in [-0.3, -0.25) is 5.73 Å². The number of hydrogen-bond acceptors (Lipinski definition) is 4. The van der Waals surface area contributed by atoms with E-state index in [1.807, 2.05) is 121 Å². The summed E-state index contributed by atoms with van der Waals surface area (Å²) in [5.41, 5.74) is 12.4. The van der Waals surface area contributed by atoms with Crippen molar-refractivity contribution in [3.05, 3.63) is 132 Å². The lowest BCUT2D eigenvalue weighted by Crippen LogP contribution is -2.69. The molecule has 1 unspecified atom stereocenters. The van der Waals surface area contributed by atoms with E-state index in [2.05, 4.69) is 0 Å². The summed E-state index contributed by atoms with van der Waals surface area (Å²) >= 11 is 0. The van der Waals surface area contributed by atoms with Crippen molar-refractivity contribution in [2.45, 2.75) is 11.3 Å². The molecule has 4 aromatic carbocycles. The highest BCUT2D eigenvalue weighted by molar-refractivity contribution is 5.43. The number of benzene rings is 4. The SMILES string of the molecule is NCC(N)(Oc1ccccc1)C(Oc1ccccc1)(c1ccccc1)c1ccccc1. The van der Waals surface area contributed by atoms with Gasteiger partial charge in [0.25, 0.3) is 0 Å². The maximum absolute atomic E-state index is 7.05. The van der Waals surface area contributed by atoms with E-state index >= 15 is 0 Å². The minimum absolute atomic E-state index is 0.0124. The van der Waals surface area contributed by atoms with Crippen molar-refractivity contribution >= 4 is 0 Å². The predicted molar refractivity (Wildman–Crippen MR) is 124 cm³/mol. The first kappa shape index (κ1) is 20.7. The number of hydrogen-bond donors (Lipinski definition) is 2. The molecule has 0 heterocycles. The molecule has 1 atom stereocenters. The largest absolute Gasteiger partial charge is 0.472 e. The van der Waals surface area contributed by atoms with Gasteiger partial charge in [0.05, 0.1) is 6.54 Å². The second-order valence-electron chi connectivity index (χ2n) is 7.34. The first-order valence-corrected chi connectivity index (χ1v) is 10.3. The maximum atomic E-state index is 7.05. The predicted octanol–water partition coefficient (Wildman–Crippen LogP) is 4.70. The van der Waals surface area contributed by atoms with Crippen molar-refractivity contribution in [3.8, 4) is 11.5 Å². The van der Waals surface area contributed by atoms with E-state index in [9.17, 15) is 0 Å². The molecule has 31 heavy (non-hydrogen) atoms. The van der Waals surface area contributed by atoms with Crippen LogP contribution in [0.15, 0.2) is 121 Å². The van der Waals surface area contributed by atoms with E-state index in [-0.39, 0.29) is 6.54 Å². The van der Waals surface area contributed by atoms with Crippen molar-refractivity contribution in [2.24, 2.45) is 11.5 Å². The van der Waals surface area contributed by atoms with Gasteiger partial charge < -0.3 is 15.2 Å². The van der Waals surface area contributed by atoms with Gasteiger partial charge in [-0.2, -0.15) is 0 Å². The Morgan fingerprint density at radius 3 is 1.26 bits per heavy atom. The molecule has 4 N–H and O–H groups in total. The summed E-state index contributed by atoms with van der Waals surface area (Å²) in [5.74, 6) is 1.28. The zero-order chi connectivity index (χ0) is 21.6. The van der Waals surface area contributed by atoms with E-state index in [4.69, 9.17) is 20.9 Å². The van der Waals surface area contributed by atoms with E-state index in [1.165, 1.54) is 0 Å². The van der Waals surface area contributed by atoms with Crippen LogP contribution in [0, 0.1) is 0 Å². The topological polar surface area (TPSA) is 70.5 Å². The molecular weight excluding hydrogens is 384 g/mol. The highest BCUT2D eigenvalue weighted by Crippen LogP contribution is 2.43. The minimum atomic E-state index is -1.42. The van der Waals surface area contributed by atoms with Crippen LogP contribution in [-0.2, 0) is 5.60 Å². The molecular formula is C27H26N2O2. The highest BCUT2D eigenvalue weighted by atomic mass is 16.6. The fourth-order valence-corrected chi connectivity index (χ4v) is 3.83. The first-order chi connectivity index (χ1) is 15.2. The van der Waals surface area contributed by atoms with Crippen LogP contribution >= 0.6 is 0 Å². The molecule has 0 aromatic heterocycles. The monoisotopic (exact) mass is 410 g/mol. The lowest BCUT2D eigenvalue weighted by Gasteiger charge is -2.47. The van der Waals surface area contributed by atoms with Crippen LogP contribution in [0.2, 0.25) is 0 Å². The van der Waals surface area contributed by atoms with Gasteiger partial charge >= 0.3 is 0 Å². The van der Waals surface area contributed by atoms with Crippen LogP contribution < -0.4 is 20.9 Å². The number of para-hydroxylation sites is 2. The molecule has 0 fully saturated rings. The summed E-state index contributed by atoms with van der Waals surface area (Å²) in [6.45, 7) is 0.0124. The molecule has 4 heteroatoms. The van der Waals surface area contributed by atoms with Crippen LogP contribution in [-0.4, -0.2) is 12.3 Å². The van der Waals surface area contributed by atoms with Gasteiger partial charge in [0.15, 0.2) is 0 Å². The summed E-state index contributed by atoms with van der Waals surface area (Å²) in [4.78, 5) is 0. The second kappa shape index (κ2) is 9.04. The van der Waals surface area contributed by atoms with Gasteiger partial charge in [-0.05, 0) is 24.3 Å². The summed E-state index contributed by atoms with van der Waals surface area (Å²) in [6.07, 6.45) is 0. The smallest absolute Gasteiger partial charge is 0.219 e. The van der Waals surface area contributed by atoms with E-state index in [1.54, 1.807) is 0 Å².